The molecule has 1 aliphatic rings. The number of halogens is 3. The van der Waals surface area contributed by atoms with Crippen LogP contribution in [0.3, 0.4) is 0 Å². The summed E-state index contributed by atoms with van der Waals surface area (Å²) < 4.78 is 0. The monoisotopic (exact) mass is 367 g/mol. The quantitative estimate of drug-likeness (QED) is 0.838. The van der Waals surface area contributed by atoms with E-state index in [2.05, 4.69) is 10.2 Å². The summed E-state index contributed by atoms with van der Waals surface area (Å²) in [6, 6.07) is 7.29. The maximum absolute atomic E-state index is 11.9. The van der Waals surface area contributed by atoms with Crippen molar-refractivity contribution < 1.29 is 4.79 Å². The van der Waals surface area contributed by atoms with Gasteiger partial charge in [0.05, 0.1) is 17.3 Å². The Morgan fingerprint density at radius 2 is 1.91 bits per heavy atom. The van der Waals surface area contributed by atoms with Gasteiger partial charge in [-0.25, -0.2) is 0 Å². The third kappa shape index (κ3) is 7.16. The van der Waals surface area contributed by atoms with Crippen molar-refractivity contribution in [2.75, 3.05) is 45.1 Å². The van der Waals surface area contributed by atoms with Crippen LogP contribution in [0, 0.1) is 0 Å². The number of benzene rings is 1. The second-order valence-corrected chi connectivity index (χ2v) is 5.72. The molecule has 0 saturated carbocycles. The molecule has 0 aromatic heterocycles. The minimum Gasteiger partial charge on any atom is -0.324 e. The number of likely N-dealkylation sites (N-methyl/N-ethyl adjacent to an activating group) is 1. The number of anilines is 1. The summed E-state index contributed by atoms with van der Waals surface area (Å²) in [5.41, 5.74) is 0.673. The van der Waals surface area contributed by atoms with E-state index < -0.39 is 0 Å². The fraction of sp³-hybridized carbons (Fsp3) is 0.533. The number of rotatable bonds is 6. The van der Waals surface area contributed by atoms with Gasteiger partial charge in [0.25, 0.3) is 0 Å². The second-order valence-electron chi connectivity index (χ2n) is 5.31. The number of likely N-dealkylation sites (tertiary alicyclic amines) is 1. The van der Waals surface area contributed by atoms with E-state index in [4.69, 9.17) is 11.6 Å². The molecule has 1 heterocycles. The molecule has 1 aromatic carbocycles. The maximum Gasteiger partial charge on any atom is 0.238 e. The minimum absolute atomic E-state index is 0. The number of hydrogen-bond acceptors (Lipinski definition) is 3. The van der Waals surface area contributed by atoms with E-state index in [1.54, 1.807) is 6.07 Å². The van der Waals surface area contributed by atoms with Crippen molar-refractivity contribution in [2.45, 2.75) is 12.8 Å². The normalized spacial score (nSPS) is 14.3. The molecule has 1 saturated heterocycles. The number of nitrogens with one attached hydrogen (secondary N) is 1. The third-order valence-electron chi connectivity index (χ3n) is 3.56. The van der Waals surface area contributed by atoms with Crippen LogP contribution in [0.25, 0.3) is 0 Å². The van der Waals surface area contributed by atoms with E-state index in [-0.39, 0.29) is 30.7 Å². The summed E-state index contributed by atoms with van der Waals surface area (Å²) in [6.07, 6.45) is 2.60. The SMILES string of the molecule is CN(CCN1CCCC1)CC(=O)Nc1ccccc1Cl.Cl.Cl. The van der Waals surface area contributed by atoms with Gasteiger partial charge in [0.1, 0.15) is 0 Å². The van der Waals surface area contributed by atoms with Crippen molar-refractivity contribution in [3.8, 4) is 0 Å². The average molecular weight is 369 g/mol. The van der Waals surface area contributed by atoms with E-state index in [0.717, 1.165) is 13.1 Å². The molecule has 0 aliphatic carbocycles. The zero-order valence-electron chi connectivity index (χ0n) is 12.8. The minimum atomic E-state index is -0.0259. The Morgan fingerprint density at radius 3 is 2.55 bits per heavy atom. The topological polar surface area (TPSA) is 35.6 Å². The highest BCUT2D eigenvalue weighted by Gasteiger charge is 2.13. The van der Waals surface area contributed by atoms with E-state index >= 15 is 0 Å². The van der Waals surface area contributed by atoms with Gasteiger partial charge in [-0.3, -0.25) is 9.69 Å². The van der Waals surface area contributed by atoms with Crippen molar-refractivity contribution in [2.24, 2.45) is 0 Å². The maximum atomic E-state index is 11.9. The first-order valence-corrected chi connectivity index (χ1v) is 7.48. The van der Waals surface area contributed by atoms with Crippen LogP contribution < -0.4 is 5.32 Å². The molecular weight excluding hydrogens is 345 g/mol. The third-order valence-corrected chi connectivity index (χ3v) is 3.89. The lowest BCUT2D eigenvalue weighted by Crippen LogP contribution is -2.36. The van der Waals surface area contributed by atoms with Gasteiger partial charge in [-0.2, -0.15) is 0 Å². The summed E-state index contributed by atoms with van der Waals surface area (Å²) in [5, 5.41) is 3.41. The first-order valence-electron chi connectivity index (χ1n) is 7.10. The summed E-state index contributed by atoms with van der Waals surface area (Å²) >= 11 is 6.02. The molecule has 0 unspecified atom stereocenters. The predicted molar refractivity (Wildman–Crippen MR) is 97.7 cm³/mol. The Bertz CT molecular complexity index is 453. The molecule has 22 heavy (non-hydrogen) atoms. The van der Waals surface area contributed by atoms with Gasteiger partial charge in [0.15, 0.2) is 0 Å². The lowest BCUT2D eigenvalue weighted by molar-refractivity contribution is -0.117. The van der Waals surface area contributed by atoms with Gasteiger partial charge < -0.3 is 10.2 Å². The van der Waals surface area contributed by atoms with Gasteiger partial charge in [0, 0.05) is 13.1 Å². The van der Waals surface area contributed by atoms with Crippen LogP contribution in [0.1, 0.15) is 12.8 Å². The highest BCUT2D eigenvalue weighted by Crippen LogP contribution is 2.20. The van der Waals surface area contributed by atoms with E-state index in [9.17, 15) is 4.79 Å². The van der Waals surface area contributed by atoms with Crippen molar-refractivity contribution in [3.05, 3.63) is 29.3 Å². The molecule has 1 N–H and O–H groups in total. The molecule has 1 aromatic rings. The average Bonchev–Trinajstić information content (AvgIpc) is 2.92. The Hall–Kier alpha value is -0.520. The molecule has 1 aliphatic heterocycles. The Morgan fingerprint density at radius 1 is 1.27 bits per heavy atom. The zero-order valence-corrected chi connectivity index (χ0v) is 15.1. The molecule has 2 rings (SSSR count). The van der Waals surface area contributed by atoms with Crippen molar-refractivity contribution in [1.82, 2.24) is 9.80 Å². The van der Waals surface area contributed by atoms with Crippen LogP contribution in [-0.2, 0) is 4.79 Å². The molecule has 0 bridgehead atoms. The summed E-state index contributed by atoms with van der Waals surface area (Å²) in [5.74, 6) is -0.0259. The number of nitrogens with zero attached hydrogens (tertiary/aromatic N) is 2. The van der Waals surface area contributed by atoms with Crippen LogP contribution in [0.5, 0.6) is 0 Å². The number of hydrogen-bond donors (Lipinski definition) is 1. The van der Waals surface area contributed by atoms with Gasteiger partial charge in [-0.15, -0.1) is 24.8 Å². The van der Waals surface area contributed by atoms with Crippen molar-refractivity contribution in [1.29, 1.82) is 0 Å². The van der Waals surface area contributed by atoms with Gasteiger partial charge >= 0.3 is 0 Å². The van der Waals surface area contributed by atoms with Gasteiger partial charge in [0.2, 0.25) is 5.91 Å². The number of carbonyl (C=O) groups excluding carboxylic acids is 1. The van der Waals surface area contributed by atoms with Crippen LogP contribution in [0.15, 0.2) is 24.3 Å². The first-order chi connectivity index (χ1) is 9.65. The molecule has 4 nitrogen and oxygen atoms in total. The van der Waals surface area contributed by atoms with Crippen LogP contribution in [-0.4, -0.2) is 55.5 Å². The molecule has 0 atom stereocenters. The lowest BCUT2D eigenvalue weighted by Gasteiger charge is -2.20. The van der Waals surface area contributed by atoms with E-state index in [1.807, 2.05) is 30.1 Å². The fourth-order valence-electron chi connectivity index (χ4n) is 2.39. The summed E-state index contributed by atoms with van der Waals surface area (Å²) in [7, 11) is 1.97. The Kier molecular flexibility index (Phi) is 10.8. The molecule has 126 valence electrons. The summed E-state index contributed by atoms with van der Waals surface area (Å²) in [6.45, 7) is 4.73. The smallest absolute Gasteiger partial charge is 0.238 e. The number of para-hydroxylation sites is 1. The Balaban J connectivity index is 0.00000220. The molecular formula is C15H24Cl3N3O. The van der Waals surface area contributed by atoms with Crippen LogP contribution >= 0.6 is 36.4 Å². The molecule has 7 heteroatoms. The van der Waals surface area contributed by atoms with Crippen molar-refractivity contribution >= 4 is 48.0 Å². The van der Waals surface area contributed by atoms with Gasteiger partial charge in [-0.05, 0) is 45.1 Å². The van der Waals surface area contributed by atoms with Crippen LogP contribution in [0.4, 0.5) is 5.69 Å². The highest BCUT2D eigenvalue weighted by molar-refractivity contribution is 6.33. The highest BCUT2D eigenvalue weighted by atomic mass is 35.5. The second kappa shape index (κ2) is 11.1. The Labute approximate surface area is 150 Å². The fourth-order valence-corrected chi connectivity index (χ4v) is 2.58. The van der Waals surface area contributed by atoms with Gasteiger partial charge in [-0.1, -0.05) is 23.7 Å². The first kappa shape index (κ1) is 21.5. The zero-order chi connectivity index (χ0) is 14.4. The summed E-state index contributed by atoms with van der Waals surface area (Å²) in [4.78, 5) is 16.4. The number of carbonyl (C=O) groups is 1. The van der Waals surface area contributed by atoms with Crippen molar-refractivity contribution in [3.63, 3.8) is 0 Å². The number of amides is 1. The largest absolute Gasteiger partial charge is 0.324 e. The molecule has 0 radical (unpaired) electrons. The van der Waals surface area contributed by atoms with E-state index in [1.165, 1.54) is 25.9 Å². The molecule has 1 amide bonds. The van der Waals surface area contributed by atoms with E-state index in [0.29, 0.717) is 17.3 Å². The van der Waals surface area contributed by atoms with Crippen LogP contribution in [0.2, 0.25) is 5.02 Å². The lowest BCUT2D eigenvalue weighted by atomic mass is 10.3. The molecule has 1 fully saturated rings. The predicted octanol–water partition coefficient (Wildman–Crippen LogP) is 3.15. The standard InChI is InChI=1S/C15H22ClN3O.2ClH/c1-18(10-11-19-8-4-5-9-19)12-15(20)17-14-7-3-2-6-13(14)16;;/h2-3,6-7H,4-5,8-12H2,1H3,(H,17,20);2*1H. The molecule has 0 spiro atoms.